The maximum Gasteiger partial charge on any atom is 0.269 e. The Bertz CT molecular complexity index is 623. The first-order chi connectivity index (χ1) is 10.4. The van der Waals surface area contributed by atoms with Gasteiger partial charge in [0, 0.05) is 30.2 Å². The Labute approximate surface area is 126 Å². The summed E-state index contributed by atoms with van der Waals surface area (Å²) in [6.07, 6.45) is -0.747. The number of hydrogen-bond acceptors (Lipinski definition) is 5. The molecule has 0 bridgehead atoms. The highest BCUT2D eigenvalue weighted by atomic mass is 16.6. The predicted octanol–water partition coefficient (Wildman–Crippen LogP) is 3.02. The van der Waals surface area contributed by atoms with Crippen molar-refractivity contribution in [2.75, 3.05) is 0 Å². The molecule has 0 saturated heterocycles. The van der Waals surface area contributed by atoms with Gasteiger partial charge in [-0.2, -0.15) is 0 Å². The van der Waals surface area contributed by atoms with Crippen molar-refractivity contribution in [3.05, 3.63) is 79.9 Å². The first-order valence-corrected chi connectivity index (χ1v) is 6.57. The molecule has 114 valence electrons. The molecular weight excluding hydrogens is 288 g/mol. The van der Waals surface area contributed by atoms with Crippen LogP contribution >= 0.6 is 0 Å². The molecule has 7 nitrogen and oxygen atoms in total. The average Bonchev–Trinajstić information content (AvgIpc) is 2.48. The summed E-state index contributed by atoms with van der Waals surface area (Å²) in [7, 11) is 0. The third kappa shape index (κ3) is 3.26. The number of rotatable bonds is 5. The van der Waals surface area contributed by atoms with Gasteiger partial charge < -0.3 is 5.11 Å². The predicted molar refractivity (Wildman–Crippen MR) is 79.7 cm³/mol. The van der Waals surface area contributed by atoms with Crippen LogP contribution in [0.2, 0.25) is 0 Å². The smallest absolute Gasteiger partial charge is 0.269 e. The van der Waals surface area contributed by atoms with E-state index in [1.807, 2.05) is 0 Å². The molecule has 1 atom stereocenters. The van der Waals surface area contributed by atoms with Gasteiger partial charge in [-0.3, -0.25) is 20.2 Å². The Morgan fingerprint density at radius 3 is 1.36 bits per heavy atom. The van der Waals surface area contributed by atoms with Gasteiger partial charge in [0.25, 0.3) is 11.4 Å². The van der Waals surface area contributed by atoms with Crippen LogP contribution in [0.1, 0.15) is 24.0 Å². The molecule has 2 aromatic carbocycles. The number of nitro benzene ring substituents is 2. The van der Waals surface area contributed by atoms with E-state index in [9.17, 15) is 25.3 Å². The van der Waals surface area contributed by atoms with Crippen LogP contribution in [0.25, 0.3) is 0 Å². The van der Waals surface area contributed by atoms with Gasteiger partial charge in [-0.05, 0) is 18.1 Å². The lowest BCUT2D eigenvalue weighted by atomic mass is 9.87. The minimum atomic E-state index is -0.747. The molecule has 0 aromatic heterocycles. The van der Waals surface area contributed by atoms with E-state index in [0.717, 1.165) is 0 Å². The Balaban J connectivity index is 2.37. The molecule has 0 aliphatic rings. The lowest BCUT2D eigenvalue weighted by molar-refractivity contribution is -0.385. The summed E-state index contributed by atoms with van der Waals surface area (Å²) < 4.78 is 0. The normalized spacial score (nSPS) is 12.1. The highest BCUT2D eigenvalue weighted by Crippen LogP contribution is 2.30. The van der Waals surface area contributed by atoms with Crippen molar-refractivity contribution in [3.63, 3.8) is 0 Å². The van der Waals surface area contributed by atoms with Crippen molar-refractivity contribution in [1.29, 1.82) is 0 Å². The van der Waals surface area contributed by atoms with Crippen molar-refractivity contribution >= 4 is 11.4 Å². The molecule has 2 aromatic rings. The van der Waals surface area contributed by atoms with Gasteiger partial charge in [0.1, 0.15) is 0 Å². The lowest BCUT2D eigenvalue weighted by Gasteiger charge is -2.20. The average molecular weight is 302 g/mol. The van der Waals surface area contributed by atoms with Crippen LogP contribution in [0.5, 0.6) is 0 Å². The fourth-order valence-electron chi connectivity index (χ4n) is 2.36. The van der Waals surface area contributed by atoms with Crippen molar-refractivity contribution in [1.82, 2.24) is 0 Å². The second-order valence-corrected chi connectivity index (χ2v) is 4.92. The summed E-state index contributed by atoms with van der Waals surface area (Å²) in [6, 6.07) is 11.8. The van der Waals surface area contributed by atoms with Gasteiger partial charge in [-0.15, -0.1) is 0 Å². The summed E-state index contributed by atoms with van der Waals surface area (Å²) in [6.45, 7) is 1.60. The Hall–Kier alpha value is -2.80. The number of aliphatic hydroxyl groups is 1. The van der Waals surface area contributed by atoms with Crippen LogP contribution in [0.15, 0.2) is 48.5 Å². The topological polar surface area (TPSA) is 107 Å². The second kappa shape index (κ2) is 6.31. The Kier molecular flexibility index (Phi) is 4.47. The summed E-state index contributed by atoms with van der Waals surface area (Å²) >= 11 is 0. The van der Waals surface area contributed by atoms with Crippen LogP contribution in [0.4, 0.5) is 11.4 Å². The molecule has 0 spiro atoms. The van der Waals surface area contributed by atoms with E-state index < -0.39 is 21.9 Å². The van der Waals surface area contributed by atoms with E-state index in [0.29, 0.717) is 11.1 Å². The number of hydrogen-bond donors (Lipinski definition) is 1. The van der Waals surface area contributed by atoms with Gasteiger partial charge in [0.15, 0.2) is 0 Å². The minimum absolute atomic E-state index is 0.0307. The van der Waals surface area contributed by atoms with Gasteiger partial charge >= 0.3 is 0 Å². The van der Waals surface area contributed by atoms with Crippen LogP contribution in [-0.2, 0) is 0 Å². The van der Waals surface area contributed by atoms with Crippen LogP contribution in [0.3, 0.4) is 0 Å². The van der Waals surface area contributed by atoms with Crippen molar-refractivity contribution in [2.24, 2.45) is 0 Å². The summed E-state index contributed by atoms with van der Waals surface area (Å²) in [5.41, 5.74) is 1.34. The molecule has 7 heteroatoms. The molecule has 1 N–H and O–H groups in total. The fourth-order valence-corrected chi connectivity index (χ4v) is 2.36. The van der Waals surface area contributed by atoms with E-state index in [1.54, 1.807) is 31.2 Å². The quantitative estimate of drug-likeness (QED) is 0.674. The number of nitro groups is 2. The fraction of sp³-hybridized carbons (Fsp3) is 0.200. The van der Waals surface area contributed by atoms with E-state index in [1.165, 1.54) is 24.3 Å². The van der Waals surface area contributed by atoms with Crippen LogP contribution in [-0.4, -0.2) is 21.1 Å². The third-order valence-electron chi connectivity index (χ3n) is 3.41. The van der Waals surface area contributed by atoms with Crippen molar-refractivity contribution < 1.29 is 15.0 Å². The lowest BCUT2D eigenvalue weighted by Crippen LogP contribution is -2.16. The molecule has 0 aliphatic heterocycles. The van der Waals surface area contributed by atoms with Gasteiger partial charge in [-0.1, -0.05) is 24.3 Å². The van der Waals surface area contributed by atoms with Crippen LogP contribution in [0, 0.1) is 20.2 Å². The van der Waals surface area contributed by atoms with Gasteiger partial charge in [-0.25, -0.2) is 0 Å². The first-order valence-electron chi connectivity index (χ1n) is 6.57. The third-order valence-corrected chi connectivity index (χ3v) is 3.41. The molecule has 2 rings (SSSR count). The summed E-state index contributed by atoms with van der Waals surface area (Å²) in [5.74, 6) is -0.415. The molecular formula is C15H14N2O5. The second-order valence-electron chi connectivity index (χ2n) is 4.92. The Morgan fingerprint density at radius 2 is 1.14 bits per heavy atom. The van der Waals surface area contributed by atoms with Crippen molar-refractivity contribution in [2.45, 2.75) is 18.9 Å². The molecule has 0 radical (unpaired) electrons. The summed E-state index contributed by atoms with van der Waals surface area (Å²) in [5, 5.41) is 31.4. The van der Waals surface area contributed by atoms with E-state index in [2.05, 4.69) is 0 Å². The standard InChI is InChI=1S/C15H14N2O5/c1-10(18)15(11-2-6-13(7-3-11)16(19)20)12-4-8-14(9-5-12)17(21)22/h2-10,15,18H,1H3. The highest BCUT2D eigenvalue weighted by molar-refractivity contribution is 5.42. The number of nitrogens with zero attached hydrogens (tertiary/aromatic N) is 2. The van der Waals surface area contributed by atoms with Crippen molar-refractivity contribution in [3.8, 4) is 0 Å². The highest BCUT2D eigenvalue weighted by Gasteiger charge is 2.21. The van der Waals surface area contributed by atoms with E-state index in [4.69, 9.17) is 0 Å². The molecule has 0 heterocycles. The minimum Gasteiger partial charge on any atom is -0.392 e. The zero-order valence-electron chi connectivity index (χ0n) is 11.7. The number of non-ortho nitro benzene ring substituents is 2. The summed E-state index contributed by atoms with van der Waals surface area (Å²) in [4.78, 5) is 20.4. The van der Waals surface area contributed by atoms with Gasteiger partial charge in [0.2, 0.25) is 0 Å². The number of aliphatic hydroxyl groups excluding tert-OH is 1. The molecule has 0 saturated carbocycles. The molecule has 0 aliphatic carbocycles. The largest absolute Gasteiger partial charge is 0.392 e. The molecule has 22 heavy (non-hydrogen) atoms. The van der Waals surface area contributed by atoms with Gasteiger partial charge in [0.05, 0.1) is 16.0 Å². The molecule has 0 amide bonds. The molecule has 1 unspecified atom stereocenters. The SMILES string of the molecule is CC(O)C(c1ccc([N+](=O)[O-])cc1)c1ccc([N+](=O)[O-])cc1. The zero-order chi connectivity index (χ0) is 16.3. The molecule has 0 fully saturated rings. The maximum absolute atomic E-state index is 10.7. The van der Waals surface area contributed by atoms with E-state index >= 15 is 0 Å². The van der Waals surface area contributed by atoms with E-state index in [-0.39, 0.29) is 11.4 Å². The maximum atomic E-state index is 10.7. The van der Waals surface area contributed by atoms with Crippen LogP contribution < -0.4 is 0 Å². The Morgan fingerprint density at radius 1 is 0.818 bits per heavy atom. The first kappa shape index (κ1) is 15.6. The zero-order valence-corrected chi connectivity index (χ0v) is 11.7. The number of benzene rings is 2. The monoisotopic (exact) mass is 302 g/mol.